The van der Waals surface area contributed by atoms with Crippen LogP contribution in [-0.4, -0.2) is 16.9 Å². The number of aromatic amines is 1. The number of hydrogen-bond acceptors (Lipinski definition) is 2. The van der Waals surface area contributed by atoms with Gasteiger partial charge in [0, 0.05) is 17.8 Å². The molecular formula is C17H17FN2O2. The molecule has 0 saturated carbocycles. The van der Waals surface area contributed by atoms with E-state index in [0.29, 0.717) is 0 Å². The Hall–Kier alpha value is -2.43. The standard InChI is InChI=1S/C17H17FN2O2/c18-13-4-1-11(2-5-13)9-17(22)19-14-6-7-15-12(10-14)3-8-16(21)20-15/h1-5,8,14H,6-7,9-10H2,(H,19,22)(H,20,21)/t14-/m0/s1. The van der Waals surface area contributed by atoms with Gasteiger partial charge in [-0.25, -0.2) is 4.39 Å². The second-order valence-corrected chi connectivity index (χ2v) is 5.64. The lowest BCUT2D eigenvalue weighted by Gasteiger charge is -2.25. The molecule has 114 valence electrons. The zero-order chi connectivity index (χ0) is 15.5. The van der Waals surface area contributed by atoms with Crippen LogP contribution in [0.25, 0.3) is 0 Å². The van der Waals surface area contributed by atoms with Gasteiger partial charge in [0.25, 0.3) is 0 Å². The molecular weight excluding hydrogens is 283 g/mol. The molecule has 1 aliphatic carbocycles. The van der Waals surface area contributed by atoms with Crippen LogP contribution < -0.4 is 10.9 Å². The van der Waals surface area contributed by atoms with E-state index in [4.69, 9.17) is 0 Å². The molecule has 0 spiro atoms. The van der Waals surface area contributed by atoms with Crippen LogP contribution in [0.4, 0.5) is 4.39 Å². The molecule has 0 aliphatic heterocycles. The number of aromatic nitrogens is 1. The third-order valence-corrected chi connectivity index (χ3v) is 3.95. The Morgan fingerprint density at radius 1 is 1.23 bits per heavy atom. The minimum atomic E-state index is -0.304. The first-order valence-corrected chi connectivity index (χ1v) is 7.35. The van der Waals surface area contributed by atoms with Gasteiger partial charge >= 0.3 is 0 Å². The average Bonchev–Trinajstić information content (AvgIpc) is 2.50. The molecule has 0 bridgehead atoms. The van der Waals surface area contributed by atoms with Crippen LogP contribution in [0.2, 0.25) is 0 Å². The summed E-state index contributed by atoms with van der Waals surface area (Å²) in [5, 5.41) is 3.01. The van der Waals surface area contributed by atoms with Gasteiger partial charge in [0.15, 0.2) is 0 Å². The number of benzene rings is 1. The van der Waals surface area contributed by atoms with E-state index in [1.54, 1.807) is 12.1 Å². The van der Waals surface area contributed by atoms with E-state index in [2.05, 4.69) is 10.3 Å². The first-order valence-electron chi connectivity index (χ1n) is 7.35. The van der Waals surface area contributed by atoms with Gasteiger partial charge in [0.05, 0.1) is 6.42 Å². The normalized spacial score (nSPS) is 16.9. The van der Waals surface area contributed by atoms with Gasteiger partial charge in [0.2, 0.25) is 11.5 Å². The van der Waals surface area contributed by atoms with Gasteiger partial charge in [-0.05, 0) is 42.5 Å². The van der Waals surface area contributed by atoms with Crippen LogP contribution >= 0.6 is 0 Å². The fourth-order valence-electron chi connectivity index (χ4n) is 2.84. The summed E-state index contributed by atoms with van der Waals surface area (Å²) in [5.74, 6) is -0.369. The molecule has 0 fully saturated rings. The van der Waals surface area contributed by atoms with Crippen LogP contribution in [-0.2, 0) is 24.1 Å². The fraction of sp³-hybridized carbons (Fsp3) is 0.294. The van der Waals surface area contributed by atoms with Crippen molar-refractivity contribution in [1.29, 1.82) is 0 Å². The summed E-state index contributed by atoms with van der Waals surface area (Å²) in [6, 6.07) is 9.37. The summed E-state index contributed by atoms with van der Waals surface area (Å²) in [4.78, 5) is 26.2. The Labute approximate surface area is 127 Å². The van der Waals surface area contributed by atoms with Gasteiger partial charge in [-0.3, -0.25) is 9.59 Å². The molecule has 5 heteroatoms. The number of aryl methyl sites for hydroxylation is 1. The summed E-state index contributed by atoms with van der Waals surface area (Å²) in [5.41, 5.74) is 2.76. The van der Waals surface area contributed by atoms with E-state index >= 15 is 0 Å². The molecule has 1 aromatic carbocycles. The van der Waals surface area contributed by atoms with Crippen molar-refractivity contribution in [2.24, 2.45) is 0 Å². The van der Waals surface area contributed by atoms with E-state index in [0.717, 1.165) is 36.1 Å². The number of rotatable bonds is 3. The lowest BCUT2D eigenvalue weighted by Crippen LogP contribution is -2.40. The van der Waals surface area contributed by atoms with E-state index < -0.39 is 0 Å². The lowest BCUT2D eigenvalue weighted by atomic mass is 9.91. The van der Waals surface area contributed by atoms with E-state index in [9.17, 15) is 14.0 Å². The maximum atomic E-state index is 12.8. The summed E-state index contributed by atoms with van der Waals surface area (Å²) in [6.45, 7) is 0. The molecule has 3 rings (SSSR count). The van der Waals surface area contributed by atoms with Gasteiger partial charge in [0.1, 0.15) is 5.82 Å². The van der Waals surface area contributed by atoms with Crippen molar-refractivity contribution in [3.05, 3.63) is 69.4 Å². The van der Waals surface area contributed by atoms with Gasteiger partial charge in [-0.2, -0.15) is 0 Å². The second kappa shape index (κ2) is 6.13. The zero-order valence-electron chi connectivity index (χ0n) is 12.1. The number of pyridine rings is 1. The van der Waals surface area contributed by atoms with Gasteiger partial charge in [-0.1, -0.05) is 18.2 Å². The monoisotopic (exact) mass is 300 g/mol. The smallest absolute Gasteiger partial charge is 0.248 e. The fourth-order valence-corrected chi connectivity index (χ4v) is 2.84. The largest absolute Gasteiger partial charge is 0.353 e. The number of nitrogens with one attached hydrogen (secondary N) is 2. The van der Waals surface area contributed by atoms with Crippen molar-refractivity contribution in [2.45, 2.75) is 31.7 Å². The second-order valence-electron chi connectivity index (χ2n) is 5.64. The molecule has 0 radical (unpaired) electrons. The molecule has 0 unspecified atom stereocenters. The first-order chi connectivity index (χ1) is 10.6. The highest BCUT2D eigenvalue weighted by Gasteiger charge is 2.20. The van der Waals surface area contributed by atoms with Crippen molar-refractivity contribution in [2.75, 3.05) is 0 Å². The maximum absolute atomic E-state index is 12.8. The number of fused-ring (bicyclic) bond motifs is 1. The van der Waals surface area contributed by atoms with Crippen LogP contribution in [0.3, 0.4) is 0 Å². The molecule has 4 nitrogen and oxygen atoms in total. The minimum absolute atomic E-state index is 0.0653. The van der Waals surface area contributed by atoms with Crippen LogP contribution in [0.5, 0.6) is 0 Å². The van der Waals surface area contributed by atoms with E-state index in [-0.39, 0.29) is 29.7 Å². The first kappa shape index (κ1) is 14.5. The number of H-pyrrole nitrogens is 1. The summed E-state index contributed by atoms with van der Waals surface area (Å²) < 4.78 is 12.8. The Balaban J connectivity index is 1.60. The number of hydrogen-bond donors (Lipinski definition) is 2. The average molecular weight is 300 g/mol. The summed E-state index contributed by atoms with van der Waals surface area (Å²) in [7, 11) is 0. The highest BCUT2D eigenvalue weighted by Crippen LogP contribution is 2.18. The van der Waals surface area contributed by atoms with Crippen molar-refractivity contribution >= 4 is 5.91 Å². The molecule has 0 saturated heterocycles. The molecule has 2 aromatic rings. The van der Waals surface area contributed by atoms with Crippen molar-refractivity contribution in [3.8, 4) is 0 Å². The molecule has 1 amide bonds. The Bertz CT molecular complexity index is 737. The van der Waals surface area contributed by atoms with Crippen molar-refractivity contribution in [3.63, 3.8) is 0 Å². The third kappa shape index (κ3) is 3.42. The number of carbonyl (C=O) groups is 1. The van der Waals surface area contributed by atoms with Gasteiger partial charge < -0.3 is 10.3 Å². The summed E-state index contributed by atoms with van der Waals surface area (Å²) >= 11 is 0. The van der Waals surface area contributed by atoms with E-state index in [1.165, 1.54) is 18.2 Å². The Morgan fingerprint density at radius 2 is 2.00 bits per heavy atom. The number of amides is 1. The van der Waals surface area contributed by atoms with Crippen molar-refractivity contribution < 1.29 is 9.18 Å². The maximum Gasteiger partial charge on any atom is 0.248 e. The quantitative estimate of drug-likeness (QED) is 0.907. The highest BCUT2D eigenvalue weighted by molar-refractivity contribution is 5.78. The Kier molecular flexibility index (Phi) is 4.04. The predicted octanol–water partition coefficient (Wildman–Crippen LogP) is 1.73. The van der Waals surface area contributed by atoms with Gasteiger partial charge in [-0.15, -0.1) is 0 Å². The van der Waals surface area contributed by atoms with Crippen molar-refractivity contribution in [1.82, 2.24) is 10.3 Å². The predicted molar refractivity (Wildman–Crippen MR) is 81.1 cm³/mol. The zero-order valence-corrected chi connectivity index (χ0v) is 12.1. The molecule has 1 aromatic heterocycles. The highest BCUT2D eigenvalue weighted by atomic mass is 19.1. The Morgan fingerprint density at radius 3 is 2.77 bits per heavy atom. The topological polar surface area (TPSA) is 62.0 Å². The number of halogens is 1. The van der Waals surface area contributed by atoms with Crippen LogP contribution in [0, 0.1) is 5.82 Å². The number of carbonyl (C=O) groups excluding carboxylic acids is 1. The lowest BCUT2D eigenvalue weighted by molar-refractivity contribution is -0.121. The minimum Gasteiger partial charge on any atom is -0.353 e. The molecule has 1 atom stereocenters. The molecule has 1 heterocycles. The SMILES string of the molecule is O=C(Cc1ccc(F)cc1)N[C@H]1CCc2[nH]c(=O)ccc2C1. The van der Waals surface area contributed by atoms with Crippen LogP contribution in [0.15, 0.2) is 41.2 Å². The molecule has 1 aliphatic rings. The molecule has 2 N–H and O–H groups in total. The van der Waals surface area contributed by atoms with E-state index in [1.807, 2.05) is 6.07 Å². The third-order valence-electron chi connectivity index (χ3n) is 3.95. The van der Waals surface area contributed by atoms with Crippen LogP contribution in [0.1, 0.15) is 23.2 Å². The summed E-state index contributed by atoms with van der Waals surface area (Å²) in [6.07, 6.45) is 2.53. The molecule has 22 heavy (non-hydrogen) atoms.